The third kappa shape index (κ3) is 7.38. The van der Waals surface area contributed by atoms with Gasteiger partial charge in [-0.25, -0.2) is 0 Å². The summed E-state index contributed by atoms with van der Waals surface area (Å²) < 4.78 is 11.8. The van der Waals surface area contributed by atoms with E-state index in [0.717, 1.165) is 53.1 Å². The highest BCUT2D eigenvalue weighted by atomic mass is 16.5. The van der Waals surface area contributed by atoms with Crippen molar-refractivity contribution in [2.75, 3.05) is 26.1 Å². The second-order valence-electron chi connectivity index (χ2n) is 11.3. The van der Waals surface area contributed by atoms with E-state index in [4.69, 9.17) is 9.47 Å². The molecule has 0 amide bonds. The molecule has 0 saturated heterocycles. The Morgan fingerprint density at radius 2 is 1.70 bits per heavy atom. The van der Waals surface area contributed by atoms with Gasteiger partial charge in [-0.05, 0) is 83.7 Å². The van der Waals surface area contributed by atoms with Crippen LogP contribution in [-0.4, -0.2) is 27.2 Å². The van der Waals surface area contributed by atoms with E-state index in [1.54, 1.807) is 0 Å². The molecule has 37 heavy (non-hydrogen) atoms. The lowest BCUT2D eigenvalue weighted by atomic mass is 9.78. The van der Waals surface area contributed by atoms with Crippen molar-refractivity contribution < 1.29 is 14.3 Å². The molecule has 4 heteroatoms. The molecule has 198 valence electrons. The number of ether oxygens (including phenoxy) is 2. The van der Waals surface area contributed by atoms with Gasteiger partial charge in [0.15, 0.2) is 5.75 Å². The van der Waals surface area contributed by atoms with E-state index in [0.29, 0.717) is 6.42 Å². The van der Waals surface area contributed by atoms with Crippen LogP contribution in [0.5, 0.6) is 11.5 Å². The van der Waals surface area contributed by atoms with Gasteiger partial charge in [0, 0.05) is 14.1 Å². The van der Waals surface area contributed by atoms with E-state index < -0.39 is 5.92 Å². The van der Waals surface area contributed by atoms with Crippen LogP contribution < -0.4 is 9.64 Å². The van der Waals surface area contributed by atoms with E-state index in [2.05, 4.69) is 65.0 Å². The van der Waals surface area contributed by atoms with Crippen molar-refractivity contribution in [2.45, 2.75) is 66.2 Å². The molecule has 0 aromatic heterocycles. The predicted octanol–water partition coefficient (Wildman–Crippen LogP) is 8.56. The number of nitrogens with zero attached hydrogens (tertiary/aromatic N) is 1. The van der Waals surface area contributed by atoms with E-state index >= 15 is 0 Å². The number of anilines is 1. The van der Waals surface area contributed by atoms with Crippen molar-refractivity contribution in [3.05, 3.63) is 77.4 Å². The number of aryl methyl sites for hydroxylation is 2. The molecule has 0 aliphatic rings. The number of hydrogen-bond donors (Lipinski definition) is 0. The van der Waals surface area contributed by atoms with Crippen LogP contribution in [0.3, 0.4) is 0 Å². The molecule has 0 heterocycles. The zero-order chi connectivity index (χ0) is 27.2. The molecule has 3 aromatic carbocycles. The van der Waals surface area contributed by atoms with E-state index in [-0.39, 0.29) is 11.4 Å². The fourth-order valence-corrected chi connectivity index (χ4v) is 4.72. The Bertz CT molecular complexity index is 1190. The first-order chi connectivity index (χ1) is 17.5. The highest BCUT2D eigenvalue weighted by Gasteiger charge is 2.31. The van der Waals surface area contributed by atoms with Gasteiger partial charge in [-0.1, -0.05) is 70.5 Å². The third-order valence-electron chi connectivity index (χ3n) is 6.72. The molecule has 0 aliphatic carbocycles. The molecular formula is C33H43NO3. The van der Waals surface area contributed by atoms with Crippen LogP contribution in [-0.2, 0) is 16.0 Å². The normalized spacial score (nSPS) is 12.2. The summed E-state index contributed by atoms with van der Waals surface area (Å²) in [6, 6.07) is 20.7. The molecule has 3 aromatic rings. The molecule has 3 rings (SSSR count). The fraction of sp³-hybridized carbons (Fsp3) is 0.424. The van der Waals surface area contributed by atoms with Crippen molar-refractivity contribution in [1.82, 2.24) is 0 Å². The first-order valence-electron chi connectivity index (χ1n) is 13.3. The van der Waals surface area contributed by atoms with Crippen molar-refractivity contribution in [3.8, 4) is 22.6 Å². The number of para-hydroxylation sites is 1. The zero-order valence-corrected chi connectivity index (χ0v) is 23.9. The number of carbonyl (C=O) groups is 1. The van der Waals surface area contributed by atoms with Gasteiger partial charge < -0.3 is 14.4 Å². The van der Waals surface area contributed by atoms with E-state index in [9.17, 15) is 4.79 Å². The standard InChI is InChI=1S/C33H43NO3/c1-9-10-14-24-19-25(18-17-23(24)2)27-21-31(37-26-15-12-11-13-16-26)30(34(6)7)20-28(27)29(32(35)36-8)22-33(3,4)5/h11-13,15-21,29H,9-10,14,22H2,1-8H3. The van der Waals surface area contributed by atoms with Crippen molar-refractivity contribution in [1.29, 1.82) is 0 Å². The monoisotopic (exact) mass is 501 g/mol. The van der Waals surface area contributed by atoms with Crippen LogP contribution in [0.15, 0.2) is 60.7 Å². The molecular weight excluding hydrogens is 458 g/mol. The second-order valence-corrected chi connectivity index (χ2v) is 11.3. The summed E-state index contributed by atoms with van der Waals surface area (Å²) in [4.78, 5) is 15.3. The summed E-state index contributed by atoms with van der Waals surface area (Å²) in [7, 11) is 5.48. The summed E-state index contributed by atoms with van der Waals surface area (Å²) in [5.41, 5.74) is 6.57. The van der Waals surface area contributed by atoms with Gasteiger partial charge in [-0.15, -0.1) is 0 Å². The van der Waals surface area contributed by atoms with Crippen LogP contribution >= 0.6 is 0 Å². The quantitative estimate of drug-likeness (QED) is 0.261. The largest absolute Gasteiger partial charge is 0.469 e. The molecule has 0 radical (unpaired) electrons. The van der Waals surface area contributed by atoms with Crippen LogP contribution in [0.25, 0.3) is 11.1 Å². The van der Waals surface area contributed by atoms with Gasteiger partial charge in [0.25, 0.3) is 0 Å². The van der Waals surface area contributed by atoms with Crippen LogP contribution in [0, 0.1) is 12.3 Å². The highest BCUT2D eigenvalue weighted by molar-refractivity contribution is 5.85. The number of methoxy groups -OCH3 is 1. The number of rotatable bonds is 10. The number of carbonyl (C=O) groups excluding carboxylic acids is 1. The zero-order valence-electron chi connectivity index (χ0n) is 23.9. The Morgan fingerprint density at radius 1 is 1.00 bits per heavy atom. The van der Waals surface area contributed by atoms with Crippen LogP contribution in [0.1, 0.15) is 69.6 Å². The lowest BCUT2D eigenvalue weighted by molar-refractivity contribution is -0.143. The minimum Gasteiger partial charge on any atom is -0.469 e. The summed E-state index contributed by atoms with van der Waals surface area (Å²) in [6.45, 7) is 10.9. The maximum atomic E-state index is 13.2. The number of unbranched alkanes of at least 4 members (excludes halogenated alkanes) is 1. The maximum absolute atomic E-state index is 13.2. The minimum absolute atomic E-state index is 0.0623. The van der Waals surface area contributed by atoms with Gasteiger partial charge in [0.05, 0.1) is 18.7 Å². The van der Waals surface area contributed by atoms with Crippen molar-refractivity contribution in [2.24, 2.45) is 5.41 Å². The highest BCUT2D eigenvalue weighted by Crippen LogP contribution is 2.44. The Kier molecular flexibility index (Phi) is 9.42. The average Bonchev–Trinajstić information content (AvgIpc) is 2.86. The smallest absolute Gasteiger partial charge is 0.313 e. The number of hydrogen-bond acceptors (Lipinski definition) is 4. The Morgan fingerprint density at radius 3 is 2.30 bits per heavy atom. The minimum atomic E-state index is -0.398. The van der Waals surface area contributed by atoms with Crippen LogP contribution in [0.4, 0.5) is 5.69 Å². The van der Waals surface area contributed by atoms with E-state index in [1.165, 1.54) is 18.2 Å². The molecule has 0 N–H and O–H groups in total. The number of esters is 1. The molecule has 0 aliphatic heterocycles. The topological polar surface area (TPSA) is 38.8 Å². The summed E-state index contributed by atoms with van der Waals surface area (Å²) in [5, 5.41) is 0. The summed E-state index contributed by atoms with van der Waals surface area (Å²) in [5.74, 6) is 0.918. The maximum Gasteiger partial charge on any atom is 0.313 e. The van der Waals surface area contributed by atoms with Crippen molar-refractivity contribution >= 4 is 11.7 Å². The average molecular weight is 502 g/mol. The van der Waals surface area contributed by atoms with Gasteiger partial charge in [0.2, 0.25) is 0 Å². The van der Waals surface area contributed by atoms with Gasteiger partial charge in [-0.2, -0.15) is 0 Å². The molecule has 0 saturated carbocycles. The molecule has 0 bridgehead atoms. The SMILES string of the molecule is CCCCc1cc(-c2cc(Oc3ccccc3)c(N(C)C)cc2C(CC(C)(C)C)C(=O)OC)ccc1C. The Balaban J connectivity index is 2.29. The molecule has 1 atom stereocenters. The summed E-state index contributed by atoms with van der Waals surface area (Å²) >= 11 is 0. The lowest BCUT2D eigenvalue weighted by Gasteiger charge is -2.28. The molecule has 1 unspecified atom stereocenters. The fourth-order valence-electron chi connectivity index (χ4n) is 4.72. The van der Waals surface area contributed by atoms with E-state index in [1.807, 2.05) is 49.3 Å². The Hall–Kier alpha value is -3.27. The Labute approximate surface area is 223 Å². The lowest BCUT2D eigenvalue weighted by Crippen LogP contribution is -2.22. The van der Waals surface area contributed by atoms with Gasteiger partial charge in [-0.3, -0.25) is 4.79 Å². The predicted molar refractivity (Wildman–Crippen MR) is 155 cm³/mol. The molecule has 4 nitrogen and oxygen atoms in total. The second kappa shape index (κ2) is 12.3. The first-order valence-corrected chi connectivity index (χ1v) is 13.3. The van der Waals surface area contributed by atoms with Gasteiger partial charge >= 0.3 is 5.97 Å². The third-order valence-corrected chi connectivity index (χ3v) is 6.72. The number of benzene rings is 3. The first kappa shape index (κ1) is 28.3. The summed E-state index contributed by atoms with van der Waals surface area (Å²) in [6.07, 6.45) is 4.01. The van der Waals surface area contributed by atoms with Crippen LogP contribution in [0.2, 0.25) is 0 Å². The van der Waals surface area contributed by atoms with Gasteiger partial charge in [0.1, 0.15) is 5.75 Å². The van der Waals surface area contributed by atoms with Crippen molar-refractivity contribution in [3.63, 3.8) is 0 Å². The molecule has 0 spiro atoms. The molecule has 0 fully saturated rings.